The summed E-state index contributed by atoms with van der Waals surface area (Å²) in [5.41, 5.74) is 7.38. The van der Waals surface area contributed by atoms with E-state index in [0.717, 1.165) is 10.0 Å². The minimum absolute atomic E-state index is 0.175. The van der Waals surface area contributed by atoms with E-state index in [1.54, 1.807) is 31.2 Å². The molecule has 2 rings (SSSR count). The highest BCUT2D eigenvalue weighted by molar-refractivity contribution is 9.10. The summed E-state index contributed by atoms with van der Waals surface area (Å²) in [5, 5.41) is 0. The fourth-order valence-corrected chi connectivity index (χ4v) is 4.08. The standard InChI is InChI=1S/C13H12Br2N2O2S/c1-8-5-10(15)7-12(16)13(8)17-20(18,19)11-4-2-3-9(14)6-11/h2-7,17H,16H2,1H3. The van der Waals surface area contributed by atoms with Crippen molar-refractivity contribution in [1.29, 1.82) is 0 Å². The fourth-order valence-electron chi connectivity index (χ4n) is 1.74. The molecule has 0 saturated carbocycles. The van der Waals surface area contributed by atoms with Crippen molar-refractivity contribution in [2.45, 2.75) is 11.8 Å². The van der Waals surface area contributed by atoms with Gasteiger partial charge in [0.15, 0.2) is 0 Å². The molecule has 0 unspecified atom stereocenters. The molecule has 0 amide bonds. The number of nitrogens with two attached hydrogens (primary N) is 1. The predicted molar refractivity (Wildman–Crippen MR) is 88.2 cm³/mol. The van der Waals surface area contributed by atoms with E-state index in [0.29, 0.717) is 15.8 Å². The van der Waals surface area contributed by atoms with Crippen molar-refractivity contribution in [3.05, 3.63) is 50.9 Å². The van der Waals surface area contributed by atoms with Crippen LogP contribution in [0.4, 0.5) is 11.4 Å². The van der Waals surface area contributed by atoms with Crippen molar-refractivity contribution in [2.75, 3.05) is 10.5 Å². The third-order valence-corrected chi connectivity index (χ3v) is 4.97. The highest BCUT2D eigenvalue weighted by Gasteiger charge is 2.17. The largest absolute Gasteiger partial charge is 0.397 e. The second kappa shape index (κ2) is 5.75. The van der Waals surface area contributed by atoms with Gasteiger partial charge in [0.1, 0.15) is 0 Å². The zero-order chi connectivity index (χ0) is 14.9. The second-order valence-electron chi connectivity index (χ2n) is 4.25. The third kappa shape index (κ3) is 3.34. The van der Waals surface area contributed by atoms with E-state index in [1.165, 1.54) is 12.1 Å². The van der Waals surface area contributed by atoms with Crippen molar-refractivity contribution in [2.24, 2.45) is 0 Å². The number of sulfonamides is 1. The molecule has 0 aliphatic rings. The van der Waals surface area contributed by atoms with Crippen LogP contribution in [0, 0.1) is 6.92 Å². The van der Waals surface area contributed by atoms with Gasteiger partial charge in [-0.3, -0.25) is 4.72 Å². The SMILES string of the molecule is Cc1cc(Br)cc(N)c1NS(=O)(=O)c1cccc(Br)c1. The second-order valence-corrected chi connectivity index (χ2v) is 7.76. The Bertz CT molecular complexity index is 738. The summed E-state index contributed by atoms with van der Waals surface area (Å²) in [6.07, 6.45) is 0. The molecular weight excluding hydrogens is 408 g/mol. The molecule has 0 saturated heterocycles. The monoisotopic (exact) mass is 418 g/mol. The van der Waals surface area contributed by atoms with Gasteiger partial charge in [0, 0.05) is 8.95 Å². The maximum absolute atomic E-state index is 12.3. The number of nitrogens with one attached hydrogen (secondary N) is 1. The van der Waals surface area contributed by atoms with Crippen LogP contribution in [0.5, 0.6) is 0 Å². The van der Waals surface area contributed by atoms with Gasteiger partial charge in [-0.15, -0.1) is 0 Å². The summed E-state index contributed by atoms with van der Waals surface area (Å²) in [5.74, 6) is 0. The maximum atomic E-state index is 12.3. The van der Waals surface area contributed by atoms with Gasteiger partial charge < -0.3 is 5.73 Å². The van der Waals surface area contributed by atoms with Crippen LogP contribution in [0.15, 0.2) is 50.2 Å². The van der Waals surface area contributed by atoms with Crippen LogP contribution in [0.25, 0.3) is 0 Å². The zero-order valence-electron chi connectivity index (χ0n) is 10.5. The minimum atomic E-state index is -3.67. The molecular formula is C13H12Br2N2O2S. The van der Waals surface area contributed by atoms with Crippen molar-refractivity contribution in [3.63, 3.8) is 0 Å². The lowest BCUT2D eigenvalue weighted by Gasteiger charge is -2.13. The van der Waals surface area contributed by atoms with E-state index >= 15 is 0 Å². The van der Waals surface area contributed by atoms with E-state index in [2.05, 4.69) is 36.6 Å². The van der Waals surface area contributed by atoms with E-state index < -0.39 is 10.0 Å². The molecule has 0 fully saturated rings. The highest BCUT2D eigenvalue weighted by atomic mass is 79.9. The lowest BCUT2D eigenvalue weighted by atomic mass is 10.2. The predicted octanol–water partition coefficient (Wildman–Crippen LogP) is 3.90. The third-order valence-electron chi connectivity index (χ3n) is 2.67. The average molecular weight is 420 g/mol. The van der Waals surface area contributed by atoms with Crippen LogP contribution in [0.1, 0.15) is 5.56 Å². The summed E-state index contributed by atoms with van der Waals surface area (Å²) >= 11 is 6.57. The lowest BCUT2D eigenvalue weighted by molar-refractivity contribution is 0.601. The van der Waals surface area contributed by atoms with Crippen LogP contribution < -0.4 is 10.5 Å². The molecule has 7 heteroatoms. The van der Waals surface area contributed by atoms with Crippen LogP contribution in [0.2, 0.25) is 0 Å². The van der Waals surface area contributed by atoms with Crippen molar-refractivity contribution in [1.82, 2.24) is 0 Å². The number of nitrogen functional groups attached to an aromatic ring is 1. The first kappa shape index (κ1) is 15.3. The highest BCUT2D eigenvalue weighted by Crippen LogP contribution is 2.30. The normalized spacial score (nSPS) is 11.3. The molecule has 0 bridgehead atoms. The smallest absolute Gasteiger partial charge is 0.262 e. The Morgan fingerprint density at radius 3 is 2.40 bits per heavy atom. The van der Waals surface area contributed by atoms with Crippen LogP contribution >= 0.6 is 31.9 Å². The van der Waals surface area contributed by atoms with Gasteiger partial charge in [-0.2, -0.15) is 0 Å². The summed E-state index contributed by atoms with van der Waals surface area (Å²) in [6, 6.07) is 9.94. The van der Waals surface area contributed by atoms with Crippen LogP contribution in [-0.4, -0.2) is 8.42 Å². The Morgan fingerprint density at radius 1 is 1.10 bits per heavy atom. The summed E-state index contributed by atoms with van der Waals surface area (Å²) in [4.78, 5) is 0.175. The Balaban J connectivity index is 2.44. The quantitative estimate of drug-likeness (QED) is 0.741. The van der Waals surface area contributed by atoms with Gasteiger partial charge in [0.05, 0.1) is 16.3 Å². The molecule has 0 aliphatic carbocycles. The van der Waals surface area contributed by atoms with Crippen LogP contribution in [-0.2, 0) is 10.0 Å². The molecule has 2 aromatic carbocycles. The molecule has 20 heavy (non-hydrogen) atoms. The Labute approximate surface area is 134 Å². The first-order valence-electron chi connectivity index (χ1n) is 5.63. The molecule has 0 spiro atoms. The molecule has 0 heterocycles. The Morgan fingerprint density at radius 2 is 1.80 bits per heavy atom. The molecule has 106 valence electrons. The number of benzene rings is 2. The van der Waals surface area contributed by atoms with Gasteiger partial charge in [-0.25, -0.2) is 8.42 Å². The van der Waals surface area contributed by atoms with Crippen molar-refractivity contribution >= 4 is 53.3 Å². The molecule has 2 aromatic rings. The van der Waals surface area contributed by atoms with Crippen molar-refractivity contribution < 1.29 is 8.42 Å². The van der Waals surface area contributed by atoms with E-state index in [4.69, 9.17) is 5.73 Å². The summed E-state index contributed by atoms with van der Waals surface area (Å²) in [6.45, 7) is 1.79. The number of aryl methyl sites for hydroxylation is 1. The van der Waals surface area contributed by atoms with Crippen LogP contribution in [0.3, 0.4) is 0 Å². The van der Waals surface area contributed by atoms with Crippen molar-refractivity contribution in [3.8, 4) is 0 Å². The zero-order valence-corrected chi connectivity index (χ0v) is 14.5. The van der Waals surface area contributed by atoms with E-state index in [1.807, 2.05) is 0 Å². The first-order chi connectivity index (χ1) is 9.29. The molecule has 4 nitrogen and oxygen atoms in total. The minimum Gasteiger partial charge on any atom is -0.397 e. The molecule has 0 aromatic heterocycles. The number of hydrogen-bond acceptors (Lipinski definition) is 3. The summed E-state index contributed by atoms with van der Waals surface area (Å²) in [7, 11) is -3.67. The van der Waals surface area contributed by atoms with E-state index in [-0.39, 0.29) is 4.90 Å². The molecule has 0 atom stereocenters. The summed E-state index contributed by atoms with van der Waals surface area (Å²) < 4.78 is 28.7. The maximum Gasteiger partial charge on any atom is 0.262 e. The average Bonchev–Trinajstić information content (AvgIpc) is 2.34. The molecule has 3 N–H and O–H groups in total. The van der Waals surface area contributed by atoms with Gasteiger partial charge in [-0.1, -0.05) is 37.9 Å². The van der Waals surface area contributed by atoms with Gasteiger partial charge in [0.25, 0.3) is 10.0 Å². The molecule has 0 radical (unpaired) electrons. The number of halogens is 2. The van der Waals surface area contributed by atoms with Gasteiger partial charge in [0.2, 0.25) is 0 Å². The molecule has 0 aliphatic heterocycles. The van der Waals surface area contributed by atoms with E-state index in [9.17, 15) is 8.42 Å². The van der Waals surface area contributed by atoms with Gasteiger partial charge >= 0.3 is 0 Å². The fraction of sp³-hybridized carbons (Fsp3) is 0.0769. The number of anilines is 2. The Kier molecular flexibility index (Phi) is 4.41. The number of rotatable bonds is 3. The van der Waals surface area contributed by atoms with Gasteiger partial charge in [-0.05, 0) is 42.8 Å². The Hall–Kier alpha value is -1.05. The topological polar surface area (TPSA) is 72.2 Å². The first-order valence-corrected chi connectivity index (χ1v) is 8.70. The number of hydrogen-bond donors (Lipinski definition) is 2. The lowest BCUT2D eigenvalue weighted by Crippen LogP contribution is -2.15.